The van der Waals surface area contributed by atoms with E-state index in [1.54, 1.807) is 11.3 Å². The van der Waals surface area contributed by atoms with Crippen molar-refractivity contribution in [3.05, 3.63) is 175 Å². The van der Waals surface area contributed by atoms with E-state index < -0.39 is 0 Å². The van der Waals surface area contributed by atoms with Gasteiger partial charge in [-0.15, -0.1) is 11.3 Å². The van der Waals surface area contributed by atoms with Crippen molar-refractivity contribution in [2.75, 3.05) is 0 Å². The van der Waals surface area contributed by atoms with E-state index in [1.807, 2.05) is 18.2 Å². The van der Waals surface area contributed by atoms with Crippen LogP contribution < -0.4 is 0 Å². The number of aromatic nitrogens is 3. The largest absolute Gasteiger partial charge is 0.456 e. The summed E-state index contributed by atoms with van der Waals surface area (Å²) in [6, 6.07) is 58.8. The number of hydrogen-bond acceptors (Lipinski definition) is 5. The minimum absolute atomic E-state index is 0.456. The topological polar surface area (TPSA) is 51.8 Å². The Bertz CT molecular complexity index is 3750. The molecule has 0 aliphatic carbocycles. The zero-order chi connectivity index (χ0) is 41.5. The first-order valence-corrected chi connectivity index (χ1v) is 22.4. The highest BCUT2D eigenvalue weighted by atomic mass is 32.1. The summed E-state index contributed by atoms with van der Waals surface area (Å²) < 4.78 is 8.75. The van der Waals surface area contributed by atoms with Crippen LogP contribution in [0.2, 0.25) is 0 Å². The molecule has 12 aromatic rings. The lowest BCUT2D eigenvalue weighted by Gasteiger charge is -2.21. The van der Waals surface area contributed by atoms with Crippen LogP contribution in [-0.2, 0) is 0 Å². The summed E-state index contributed by atoms with van der Waals surface area (Å²) in [5.41, 5.74) is 9.57. The average molecular weight is 816 g/mol. The highest BCUT2D eigenvalue weighted by Crippen LogP contribution is 2.45. The average Bonchev–Trinajstić information content (AvgIpc) is 3.90. The normalized spacial score (nSPS) is 12.5. The Kier molecular flexibility index (Phi) is 8.55. The molecule has 0 radical (unpaired) electrons. The smallest absolute Gasteiger partial charge is 0.165 e. The first kappa shape index (κ1) is 36.6. The summed E-state index contributed by atoms with van der Waals surface area (Å²) in [6.07, 6.45) is 2.31. The predicted octanol–water partition coefficient (Wildman–Crippen LogP) is 16.5. The first-order valence-electron chi connectivity index (χ1n) is 21.6. The van der Waals surface area contributed by atoms with E-state index in [9.17, 15) is 0 Å². The first-order chi connectivity index (χ1) is 30.5. The minimum atomic E-state index is 0.456. The van der Waals surface area contributed by atoms with Gasteiger partial charge in [0, 0.05) is 47.6 Å². The van der Waals surface area contributed by atoms with Crippen molar-refractivity contribution in [1.82, 2.24) is 15.0 Å². The third-order valence-electron chi connectivity index (χ3n) is 12.9. The molecule has 62 heavy (non-hydrogen) atoms. The Morgan fingerprint density at radius 1 is 0.484 bits per heavy atom. The van der Waals surface area contributed by atoms with Gasteiger partial charge in [-0.2, -0.15) is 0 Å². The summed E-state index contributed by atoms with van der Waals surface area (Å²) in [5.74, 6) is 2.33. The van der Waals surface area contributed by atoms with Crippen LogP contribution in [0.4, 0.5) is 0 Å². The molecule has 1 unspecified atom stereocenters. The van der Waals surface area contributed by atoms with Gasteiger partial charge in [0.2, 0.25) is 0 Å². The number of nitrogens with zero attached hydrogens (tertiary/aromatic N) is 3. The van der Waals surface area contributed by atoms with Gasteiger partial charge in [0.05, 0.1) is 0 Å². The molecule has 0 spiro atoms. The number of fused-ring (bicyclic) bond motifs is 12. The molecule has 3 heterocycles. The number of hydrogen-bond donors (Lipinski definition) is 0. The molecule has 1 atom stereocenters. The second-order valence-corrected chi connectivity index (χ2v) is 17.7. The molecule has 9 aromatic carbocycles. The molecule has 296 valence electrons. The summed E-state index contributed by atoms with van der Waals surface area (Å²) in [4.78, 5) is 15.7. The number of aryl methyl sites for hydroxylation is 1. The Morgan fingerprint density at radius 3 is 1.95 bits per heavy atom. The van der Waals surface area contributed by atoms with Crippen molar-refractivity contribution < 1.29 is 4.42 Å². The van der Waals surface area contributed by atoms with E-state index in [0.29, 0.717) is 23.4 Å². The fourth-order valence-corrected chi connectivity index (χ4v) is 11.1. The highest BCUT2D eigenvalue weighted by Gasteiger charge is 2.21. The van der Waals surface area contributed by atoms with Crippen molar-refractivity contribution in [3.8, 4) is 45.3 Å². The molecule has 5 heteroatoms. The monoisotopic (exact) mass is 815 g/mol. The molecule has 0 aliphatic rings. The lowest BCUT2D eigenvalue weighted by molar-refractivity contribution is 0.669. The Balaban J connectivity index is 1.04. The number of benzene rings is 9. The summed E-state index contributed by atoms with van der Waals surface area (Å²) in [5, 5.41) is 12.6. The standard InChI is InChI=1S/C57H41N3OS/c1-4-13-33(2)38-18-11-19-45-40-14-5-6-17-44(40)53-39(30-24-34(3)51(53)52(38)45)35-25-27-36(28-26-35)55-58-56(37-29-31-42-41-15-7-9-22-48(41)61-49(42)32-37)60-57(59-55)47-21-12-20-46-43-16-8-10-23-50(43)62-54(46)47/h5-12,14-33H,4,13H2,1-3H3. The van der Waals surface area contributed by atoms with E-state index in [-0.39, 0.29) is 0 Å². The van der Waals surface area contributed by atoms with Crippen LogP contribution in [0.5, 0.6) is 0 Å². The van der Waals surface area contributed by atoms with E-state index in [4.69, 9.17) is 19.4 Å². The van der Waals surface area contributed by atoms with Crippen LogP contribution in [0.15, 0.2) is 168 Å². The number of furan rings is 1. The molecule has 0 saturated heterocycles. The summed E-state index contributed by atoms with van der Waals surface area (Å²) in [7, 11) is 0. The van der Waals surface area contributed by atoms with Crippen LogP contribution in [0.3, 0.4) is 0 Å². The molecule has 0 fully saturated rings. The Morgan fingerprint density at radius 2 is 1.11 bits per heavy atom. The fraction of sp³-hybridized carbons (Fsp3) is 0.105. The second kappa shape index (κ2) is 14.5. The molecular formula is C57H41N3OS. The lowest BCUT2D eigenvalue weighted by atomic mass is 9.83. The van der Waals surface area contributed by atoms with Gasteiger partial charge in [-0.3, -0.25) is 0 Å². The maximum absolute atomic E-state index is 6.34. The quantitative estimate of drug-likeness (QED) is 0.150. The maximum atomic E-state index is 6.34. The van der Waals surface area contributed by atoms with Crippen LogP contribution in [0.1, 0.15) is 43.7 Å². The lowest BCUT2D eigenvalue weighted by Crippen LogP contribution is -2.00. The summed E-state index contributed by atoms with van der Waals surface area (Å²) >= 11 is 1.78. The minimum Gasteiger partial charge on any atom is -0.456 e. The predicted molar refractivity (Wildman–Crippen MR) is 262 cm³/mol. The maximum Gasteiger partial charge on any atom is 0.165 e. The van der Waals surface area contributed by atoms with Gasteiger partial charge >= 0.3 is 0 Å². The Hall–Kier alpha value is -7.21. The third-order valence-corrected chi connectivity index (χ3v) is 14.1. The number of para-hydroxylation sites is 1. The van der Waals surface area contributed by atoms with Gasteiger partial charge in [-0.25, -0.2) is 15.0 Å². The molecular weight excluding hydrogens is 775 g/mol. The van der Waals surface area contributed by atoms with Crippen LogP contribution in [-0.4, -0.2) is 15.0 Å². The van der Waals surface area contributed by atoms with E-state index in [0.717, 1.165) is 61.7 Å². The zero-order valence-corrected chi connectivity index (χ0v) is 35.6. The van der Waals surface area contributed by atoms with Crippen LogP contribution >= 0.6 is 11.3 Å². The third kappa shape index (κ3) is 5.76. The van der Waals surface area contributed by atoms with Crippen molar-refractivity contribution in [3.63, 3.8) is 0 Å². The fourth-order valence-electron chi connectivity index (χ4n) is 9.90. The highest BCUT2D eigenvalue weighted by molar-refractivity contribution is 7.26. The van der Waals surface area contributed by atoms with Gasteiger partial charge in [-0.1, -0.05) is 154 Å². The SMILES string of the molecule is CCCC(C)c1cccc2c3ccccc3c3c(-c4ccc(-c5nc(-c6ccc7c(c6)oc6ccccc67)nc(-c6cccc7c6sc6ccccc67)n5)cc4)ccc(C)c3c12. The van der Waals surface area contributed by atoms with Crippen molar-refractivity contribution in [2.24, 2.45) is 0 Å². The molecule has 12 rings (SSSR count). The Labute approximate surface area is 363 Å². The van der Waals surface area contributed by atoms with Gasteiger partial charge < -0.3 is 4.42 Å². The second-order valence-electron chi connectivity index (χ2n) is 16.7. The molecule has 4 nitrogen and oxygen atoms in total. The molecule has 0 amide bonds. The van der Waals surface area contributed by atoms with Crippen LogP contribution in [0, 0.1) is 6.92 Å². The number of thiophene rings is 1. The van der Waals surface area contributed by atoms with Gasteiger partial charge in [0.25, 0.3) is 0 Å². The molecule has 3 aromatic heterocycles. The molecule has 0 N–H and O–H groups in total. The van der Waals surface area contributed by atoms with Gasteiger partial charge in [0.15, 0.2) is 17.5 Å². The van der Waals surface area contributed by atoms with Crippen molar-refractivity contribution >= 4 is 85.8 Å². The molecule has 0 saturated carbocycles. The van der Waals surface area contributed by atoms with Gasteiger partial charge in [0.1, 0.15) is 11.2 Å². The summed E-state index contributed by atoms with van der Waals surface area (Å²) in [6.45, 7) is 6.94. The van der Waals surface area contributed by atoms with Crippen molar-refractivity contribution in [2.45, 2.75) is 39.5 Å². The number of rotatable bonds is 7. The van der Waals surface area contributed by atoms with Crippen LogP contribution in [0.25, 0.3) is 120 Å². The van der Waals surface area contributed by atoms with E-state index >= 15 is 0 Å². The van der Waals surface area contributed by atoms with Crippen molar-refractivity contribution in [1.29, 1.82) is 0 Å². The zero-order valence-electron chi connectivity index (χ0n) is 34.7. The molecule has 0 bridgehead atoms. The molecule has 0 aliphatic heterocycles. The van der Waals surface area contributed by atoms with Gasteiger partial charge in [-0.05, 0) is 104 Å². The van der Waals surface area contributed by atoms with E-state index in [2.05, 4.69) is 166 Å². The van der Waals surface area contributed by atoms with E-state index in [1.165, 1.54) is 64.5 Å².